The third-order valence-corrected chi connectivity index (χ3v) is 8.27. The number of benzene rings is 4. The maximum absolute atomic E-state index is 6.43. The molecule has 6 rings (SSSR count). The van der Waals surface area contributed by atoms with E-state index in [0.717, 1.165) is 5.46 Å². The third-order valence-electron chi connectivity index (χ3n) is 7.14. The van der Waals surface area contributed by atoms with Crippen molar-refractivity contribution in [3.63, 3.8) is 0 Å². The van der Waals surface area contributed by atoms with Gasteiger partial charge in [0.05, 0.1) is 11.2 Å². The van der Waals surface area contributed by atoms with Crippen LogP contribution in [0.3, 0.4) is 0 Å². The molecule has 1 fully saturated rings. The first kappa shape index (κ1) is 20.0. The molecule has 0 amide bonds. The lowest BCUT2D eigenvalue weighted by Gasteiger charge is -2.32. The van der Waals surface area contributed by atoms with Crippen LogP contribution in [0.5, 0.6) is 0 Å². The molecule has 1 aliphatic heterocycles. The molecule has 5 aromatic rings. The average Bonchev–Trinajstić information content (AvgIpc) is 3.25. The van der Waals surface area contributed by atoms with Gasteiger partial charge >= 0.3 is 7.12 Å². The summed E-state index contributed by atoms with van der Waals surface area (Å²) in [4.78, 5) is 0. The minimum absolute atomic E-state index is 0.361. The fourth-order valence-electron chi connectivity index (χ4n) is 4.67. The van der Waals surface area contributed by atoms with Crippen molar-refractivity contribution in [1.82, 2.24) is 0 Å². The first-order valence-electron chi connectivity index (χ1n) is 11.1. The lowest BCUT2D eigenvalue weighted by atomic mass is 9.76. The SMILES string of the molecule is CC1(C)OB(c2cccc3sc4ccc(-c5cccc6ccccc56)cc4c23)OC1(C)C. The number of fused-ring (bicyclic) bond motifs is 4. The predicted molar refractivity (Wildman–Crippen MR) is 138 cm³/mol. The Morgan fingerprint density at radius 1 is 0.688 bits per heavy atom. The Bertz CT molecular complexity index is 1480. The van der Waals surface area contributed by atoms with Gasteiger partial charge in [0.25, 0.3) is 0 Å². The fourth-order valence-corrected chi connectivity index (χ4v) is 5.79. The molecule has 4 heteroatoms. The van der Waals surface area contributed by atoms with E-state index in [-0.39, 0.29) is 18.3 Å². The number of rotatable bonds is 2. The molecule has 158 valence electrons. The van der Waals surface area contributed by atoms with Crippen molar-refractivity contribution < 1.29 is 9.31 Å². The Balaban J connectivity index is 1.57. The summed E-state index contributed by atoms with van der Waals surface area (Å²) in [6.07, 6.45) is 0. The van der Waals surface area contributed by atoms with Crippen LogP contribution in [0, 0.1) is 0 Å². The molecule has 32 heavy (non-hydrogen) atoms. The molecular formula is C28H25BO2S. The van der Waals surface area contributed by atoms with Crippen LogP contribution in [0.4, 0.5) is 0 Å². The number of hydrogen-bond donors (Lipinski definition) is 0. The van der Waals surface area contributed by atoms with Crippen LogP contribution >= 0.6 is 11.3 Å². The zero-order valence-electron chi connectivity index (χ0n) is 18.8. The first-order valence-corrected chi connectivity index (χ1v) is 11.9. The zero-order valence-corrected chi connectivity index (χ0v) is 19.6. The molecule has 1 aliphatic rings. The highest BCUT2D eigenvalue weighted by Gasteiger charge is 2.52. The van der Waals surface area contributed by atoms with E-state index < -0.39 is 0 Å². The van der Waals surface area contributed by atoms with E-state index in [4.69, 9.17) is 9.31 Å². The lowest BCUT2D eigenvalue weighted by molar-refractivity contribution is 0.00578. The molecule has 0 bridgehead atoms. The van der Waals surface area contributed by atoms with Crippen LogP contribution in [0.1, 0.15) is 27.7 Å². The van der Waals surface area contributed by atoms with Gasteiger partial charge in [0.2, 0.25) is 0 Å². The summed E-state index contributed by atoms with van der Waals surface area (Å²) in [6.45, 7) is 8.43. The van der Waals surface area contributed by atoms with Crippen LogP contribution in [0.2, 0.25) is 0 Å². The normalized spacial score (nSPS) is 17.6. The smallest absolute Gasteiger partial charge is 0.399 e. The van der Waals surface area contributed by atoms with Crippen LogP contribution in [-0.4, -0.2) is 18.3 Å². The summed E-state index contributed by atoms with van der Waals surface area (Å²) < 4.78 is 15.4. The van der Waals surface area contributed by atoms with Gasteiger partial charge in [-0.15, -0.1) is 11.3 Å². The Hall–Kier alpha value is -2.66. The van der Waals surface area contributed by atoms with E-state index in [1.54, 1.807) is 0 Å². The van der Waals surface area contributed by atoms with Gasteiger partial charge < -0.3 is 9.31 Å². The monoisotopic (exact) mass is 436 g/mol. The van der Waals surface area contributed by atoms with Gasteiger partial charge in [0.15, 0.2) is 0 Å². The van der Waals surface area contributed by atoms with Crippen molar-refractivity contribution in [1.29, 1.82) is 0 Å². The van der Waals surface area contributed by atoms with E-state index in [2.05, 4.69) is 107 Å². The standard InChI is InChI=1S/C28H25BO2S/c1-27(2)28(3,4)31-29(30-27)23-13-8-14-25-26(23)22-17-19(15-16-24(22)32-25)21-12-7-10-18-9-5-6-11-20(18)21/h5-17H,1-4H3. The largest absolute Gasteiger partial charge is 0.495 e. The van der Waals surface area contributed by atoms with Crippen LogP contribution in [0.25, 0.3) is 42.1 Å². The van der Waals surface area contributed by atoms with Crippen molar-refractivity contribution in [3.8, 4) is 11.1 Å². The predicted octanol–water partition coefficient (Wildman–Crippen LogP) is 7.17. The van der Waals surface area contributed by atoms with Crippen molar-refractivity contribution >= 4 is 54.9 Å². The minimum atomic E-state index is -0.372. The molecule has 1 saturated heterocycles. The summed E-state index contributed by atoms with van der Waals surface area (Å²) in [5.41, 5.74) is 2.89. The Morgan fingerprint density at radius 2 is 1.41 bits per heavy atom. The van der Waals surface area contributed by atoms with Crippen LogP contribution < -0.4 is 5.46 Å². The van der Waals surface area contributed by atoms with E-state index in [1.165, 1.54) is 42.1 Å². The maximum atomic E-state index is 6.43. The van der Waals surface area contributed by atoms with E-state index in [0.29, 0.717) is 0 Å². The zero-order chi connectivity index (χ0) is 22.1. The highest BCUT2D eigenvalue weighted by Crippen LogP contribution is 2.40. The summed E-state index contributed by atoms with van der Waals surface area (Å²) in [5.74, 6) is 0. The Kier molecular flexibility index (Phi) is 4.32. The molecular weight excluding hydrogens is 411 g/mol. The second-order valence-corrected chi connectivity index (χ2v) is 10.7. The second kappa shape index (κ2) is 6.92. The average molecular weight is 436 g/mol. The summed E-state index contributed by atoms with van der Waals surface area (Å²) in [5, 5.41) is 5.05. The summed E-state index contributed by atoms with van der Waals surface area (Å²) >= 11 is 1.83. The molecule has 0 radical (unpaired) electrons. The van der Waals surface area contributed by atoms with Gasteiger partial charge in [-0.2, -0.15) is 0 Å². The van der Waals surface area contributed by atoms with Gasteiger partial charge in [-0.3, -0.25) is 0 Å². The molecule has 4 aromatic carbocycles. The van der Waals surface area contributed by atoms with Crippen LogP contribution in [0.15, 0.2) is 78.9 Å². The van der Waals surface area contributed by atoms with Gasteiger partial charge in [-0.25, -0.2) is 0 Å². The van der Waals surface area contributed by atoms with Crippen molar-refractivity contribution in [3.05, 3.63) is 78.9 Å². The highest BCUT2D eigenvalue weighted by atomic mass is 32.1. The Labute approximate surface area is 192 Å². The van der Waals surface area contributed by atoms with E-state index >= 15 is 0 Å². The van der Waals surface area contributed by atoms with Crippen molar-refractivity contribution in [2.75, 3.05) is 0 Å². The van der Waals surface area contributed by atoms with Crippen molar-refractivity contribution in [2.24, 2.45) is 0 Å². The Morgan fingerprint density at radius 3 is 2.22 bits per heavy atom. The molecule has 0 unspecified atom stereocenters. The summed E-state index contributed by atoms with van der Waals surface area (Å²) in [6, 6.07) is 28.4. The topological polar surface area (TPSA) is 18.5 Å². The maximum Gasteiger partial charge on any atom is 0.495 e. The van der Waals surface area contributed by atoms with Gasteiger partial charge in [0.1, 0.15) is 0 Å². The van der Waals surface area contributed by atoms with Gasteiger partial charge in [-0.05, 0) is 73.3 Å². The van der Waals surface area contributed by atoms with E-state index in [1.807, 2.05) is 11.3 Å². The molecule has 2 nitrogen and oxygen atoms in total. The molecule has 0 spiro atoms. The molecule has 2 heterocycles. The second-order valence-electron chi connectivity index (χ2n) is 9.65. The lowest BCUT2D eigenvalue weighted by Crippen LogP contribution is -2.41. The van der Waals surface area contributed by atoms with Gasteiger partial charge in [-0.1, -0.05) is 60.7 Å². The fraction of sp³-hybridized carbons (Fsp3) is 0.214. The third kappa shape index (κ3) is 2.94. The van der Waals surface area contributed by atoms with Crippen LogP contribution in [-0.2, 0) is 9.31 Å². The molecule has 1 aromatic heterocycles. The summed E-state index contributed by atoms with van der Waals surface area (Å²) in [7, 11) is -0.372. The molecule has 0 N–H and O–H groups in total. The quantitative estimate of drug-likeness (QED) is 0.273. The molecule has 0 atom stereocenters. The van der Waals surface area contributed by atoms with Crippen molar-refractivity contribution in [2.45, 2.75) is 38.9 Å². The van der Waals surface area contributed by atoms with E-state index in [9.17, 15) is 0 Å². The number of hydrogen-bond acceptors (Lipinski definition) is 3. The minimum Gasteiger partial charge on any atom is -0.399 e. The first-order chi connectivity index (χ1) is 15.3. The number of thiophene rings is 1. The highest BCUT2D eigenvalue weighted by molar-refractivity contribution is 7.26. The molecule has 0 saturated carbocycles. The van der Waals surface area contributed by atoms with Gasteiger partial charge in [0, 0.05) is 20.2 Å². The molecule has 0 aliphatic carbocycles.